The van der Waals surface area contributed by atoms with E-state index in [1.165, 1.54) is 23.3 Å². The molecule has 0 aliphatic heterocycles. The van der Waals surface area contributed by atoms with E-state index in [0.717, 1.165) is 15.1 Å². The van der Waals surface area contributed by atoms with Crippen LogP contribution in [0.3, 0.4) is 0 Å². The number of allylic oxidation sites excluding steroid dienone is 1. The van der Waals surface area contributed by atoms with E-state index in [2.05, 4.69) is 4.37 Å². The lowest BCUT2D eigenvalue weighted by Gasteiger charge is -1.97. The summed E-state index contributed by atoms with van der Waals surface area (Å²) in [5.41, 5.74) is 0. The third kappa shape index (κ3) is 3.01. The second-order valence-electron chi connectivity index (χ2n) is 3.25. The Morgan fingerprint density at radius 3 is 2.76 bits per heavy atom. The number of benzene rings is 1. The Balaban J connectivity index is 2.03. The van der Waals surface area contributed by atoms with Gasteiger partial charge in [0, 0.05) is 17.6 Å². The Hall–Kier alpha value is -1.01. The number of halogens is 3. The van der Waals surface area contributed by atoms with Crippen molar-refractivity contribution in [2.45, 2.75) is 11.4 Å². The first kappa shape index (κ1) is 12.4. The fourth-order valence-electron chi connectivity index (χ4n) is 1.30. The van der Waals surface area contributed by atoms with Gasteiger partial charge in [-0.2, -0.15) is 13.2 Å². The Kier molecular flexibility index (Phi) is 4.06. The van der Waals surface area contributed by atoms with E-state index in [4.69, 9.17) is 0 Å². The van der Waals surface area contributed by atoms with Crippen molar-refractivity contribution in [2.75, 3.05) is 5.75 Å². The van der Waals surface area contributed by atoms with Crippen LogP contribution in [0.5, 0.6) is 0 Å². The molecule has 0 aliphatic carbocycles. The van der Waals surface area contributed by atoms with Gasteiger partial charge in [0.05, 0.1) is 4.70 Å². The zero-order valence-electron chi connectivity index (χ0n) is 8.62. The van der Waals surface area contributed by atoms with Crippen molar-refractivity contribution >= 4 is 33.4 Å². The summed E-state index contributed by atoms with van der Waals surface area (Å²) in [6, 6.07) is 7.67. The van der Waals surface area contributed by atoms with Gasteiger partial charge in [-0.3, -0.25) is 0 Å². The van der Waals surface area contributed by atoms with Crippen LogP contribution >= 0.6 is 23.3 Å². The molecule has 90 valence electrons. The Bertz CT molecular complexity index is 546. The number of nitrogens with zero attached hydrogens (tertiary/aromatic N) is 1. The lowest BCUT2D eigenvalue weighted by atomic mass is 10.3. The minimum atomic E-state index is -2.23. The van der Waals surface area contributed by atoms with Gasteiger partial charge in [-0.1, -0.05) is 18.2 Å². The molecule has 0 amide bonds. The Labute approximate surface area is 105 Å². The van der Waals surface area contributed by atoms with Crippen molar-refractivity contribution in [3.63, 3.8) is 0 Å². The molecule has 17 heavy (non-hydrogen) atoms. The summed E-state index contributed by atoms with van der Waals surface area (Å²) in [4.78, 5) is 0. The molecule has 0 spiro atoms. The molecule has 2 rings (SSSR count). The van der Waals surface area contributed by atoms with Crippen molar-refractivity contribution < 1.29 is 13.2 Å². The first-order chi connectivity index (χ1) is 8.18. The standard InChI is InChI=1S/C11H8F3NS2/c12-8(10(13)14)5-6-16-11-7-3-1-2-4-9(7)17-15-11/h1-4H,5-6H2. The molecule has 0 saturated carbocycles. The van der Waals surface area contributed by atoms with Gasteiger partial charge >= 0.3 is 6.08 Å². The highest BCUT2D eigenvalue weighted by Gasteiger charge is 2.08. The van der Waals surface area contributed by atoms with Gasteiger partial charge in [0.15, 0.2) is 5.83 Å². The number of thioether (sulfide) groups is 1. The maximum absolute atomic E-state index is 12.6. The number of rotatable bonds is 4. The Morgan fingerprint density at radius 1 is 1.24 bits per heavy atom. The van der Waals surface area contributed by atoms with E-state index in [9.17, 15) is 13.2 Å². The molecular weight excluding hydrogens is 267 g/mol. The maximum atomic E-state index is 12.6. The van der Waals surface area contributed by atoms with Gasteiger partial charge in [0.2, 0.25) is 0 Å². The summed E-state index contributed by atoms with van der Waals surface area (Å²) >= 11 is 2.65. The summed E-state index contributed by atoms with van der Waals surface area (Å²) < 4.78 is 41.5. The molecule has 0 bridgehead atoms. The molecule has 1 aromatic heterocycles. The predicted octanol–water partition coefficient (Wildman–Crippen LogP) is 4.86. The highest BCUT2D eigenvalue weighted by molar-refractivity contribution is 7.99. The number of hydrogen-bond donors (Lipinski definition) is 0. The molecular formula is C11H8F3NS2. The van der Waals surface area contributed by atoms with Gasteiger partial charge < -0.3 is 0 Å². The SMILES string of the molecule is FC(F)=C(F)CCSc1nsc2ccccc12. The molecule has 1 heterocycles. The van der Waals surface area contributed by atoms with Crippen LogP contribution in [-0.2, 0) is 0 Å². The smallest absolute Gasteiger partial charge is 0.206 e. The number of aromatic nitrogens is 1. The fraction of sp³-hybridized carbons (Fsp3) is 0.182. The highest BCUT2D eigenvalue weighted by Crippen LogP contribution is 2.31. The Morgan fingerprint density at radius 2 is 2.00 bits per heavy atom. The third-order valence-electron chi connectivity index (χ3n) is 2.11. The van der Waals surface area contributed by atoms with E-state index < -0.39 is 11.9 Å². The van der Waals surface area contributed by atoms with Gasteiger partial charge in [0.25, 0.3) is 0 Å². The van der Waals surface area contributed by atoms with Crippen molar-refractivity contribution in [2.24, 2.45) is 0 Å². The minimum absolute atomic E-state index is 0.261. The van der Waals surface area contributed by atoms with Crippen LogP contribution in [0.1, 0.15) is 6.42 Å². The van der Waals surface area contributed by atoms with Crippen LogP contribution in [0.25, 0.3) is 10.1 Å². The number of hydrogen-bond acceptors (Lipinski definition) is 3. The molecule has 0 unspecified atom stereocenters. The zero-order valence-corrected chi connectivity index (χ0v) is 10.3. The van der Waals surface area contributed by atoms with Crippen LogP contribution in [-0.4, -0.2) is 10.1 Å². The lowest BCUT2D eigenvalue weighted by Crippen LogP contribution is -1.83. The lowest BCUT2D eigenvalue weighted by molar-refractivity contribution is 0.373. The van der Waals surface area contributed by atoms with E-state index in [-0.39, 0.29) is 12.2 Å². The summed E-state index contributed by atoms with van der Waals surface area (Å²) in [5, 5.41) is 1.77. The summed E-state index contributed by atoms with van der Waals surface area (Å²) in [5.74, 6) is -1.08. The molecule has 0 saturated heterocycles. The average Bonchev–Trinajstić information content (AvgIpc) is 2.72. The normalized spacial score (nSPS) is 10.8. The van der Waals surface area contributed by atoms with Crippen LogP contribution in [0.4, 0.5) is 13.2 Å². The topological polar surface area (TPSA) is 12.9 Å². The third-order valence-corrected chi connectivity index (χ3v) is 4.04. The van der Waals surface area contributed by atoms with Crippen LogP contribution in [0.2, 0.25) is 0 Å². The fourth-order valence-corrected chi connectivity index (χ4v) is 3.18. The monoisotopic (exact) mass is 275 g/mol. The van der Waals surface area contributed by atoms with Crippen LogP contribution in [0.15, 0.2) is 41.2 Å². The molecule has 0 radical (unpaired) electrons. The van der Waals surface area contributed by atoms with Crippen LogP contribution < -0.4 is 0 Å². The molecule has 1 aromatic carbocycles. The maximum Gasteiger partial charge on any atom is 0.301 e. The minimum Gasteiger partial charge on any atom is -0.206 e. The van der Waals surface area contributed by atoms with E-state index >= 15 is 0 Å². The summed E-state index contributed by atoms with van der Waals surface area (Å²) in [7, 11) is 0. The van der Waals surface area contributed by atoms with Crippen LogP contribution in [0, 0.1) is 0 Å². The molecule has 2 aromatic rings. The van der Waals surface area contributed by atoms with Gasteiger partial charge in [0.1, 0.15) is 5.03 Å². The summed E-state index contributed by atoms with van der Waals surface area (Å²) in [6.07, 6.45) is -2.49. The predicted molar refractivity (Wildman–Crippen MR) is 65.3 cm³/mol. The van der Waals surface area contributed by atoms with Crippen molar-refractivity contribution in [1.82, 2.24) is 4.37 Å². The molecule has 0 atom stereocenters. The van der Waals surface area contributed by atoms with E-state index in [1.807, 2.05) is 24.3 Å². The average molecular weight is 275 g/mol. The largest absolute Gasteiger partial charge is 0.301 e. The molecule has 0 aliphatic rings. The van der Waals surface area contributed by atoms with Crippen molar-refractivity contribution in [1.29, 1.82) is 0 Å². The van der Waals surface area contributed by atoms with E-state index in [1.54, 1.807) is 0 Å². The highest BCUT2D eigenvalue weighted by atomic mass is 32.2. The number of fused-ring (bicyclic) bond motifs is 1. The zero-order chi connectivity index (χ0) is 12.3. The van der Waals surface area contributed by atoms with Gasteiger partial charge in [-0.05, 0) is 17.6 Å². The molecule has 1 nitrogen and oxygen atoms in total. The van der Waals surface area contributed by atoms with E-state index in [0.29, 0.717) is 0 Å². The molecule has 0 N–H and O–H groups in total. The summed E-state index contributed by atoms with van der Waals surface area (Å²) in [6.45, 7) is 0. The first-order valence-electron chi connectivity index (χ1n) is 4.85. The quantitative estimate of drug-likeness (QED) is 0.739. The van der Waals surface area contributed by atoms with Crippen molar-refractivity contribution in [3.05, 3.63) is 36.2 Å². The second kappa shape index (κ2) is 5.55. The first-order valence-corrected chi connectivity index (χ1v) is 6.61. The van der Waals surface area contributed by atoms with Gasteiger partial charge in [-0.15, -0.1) is 11.8 Å². The molecule has 0 fully saturated rings. The van der Waals surface area contributed by atoms with Crippen molar-refractivity contribution in [3.8, 4) is 0 Å². The second-order valence-corrected chi connectivity index (χ2v) is 5.14. The van der Waals surface area contributed by atoms with Gasteiger partial charge in [-0.25, -0.2) is 4.39 Å². The molecule has 6 heteroatoms.